The lowest BCUT2D eigenvalue weighted by Gasteiger charge is -2.13. The van der Waals surface area contributed by atoms with Gasteiger partial charge in [-0.1, -0.05) is 13.8 Å². The summed E-state index contributed by atoms with van der Waals surface area (Å²) in [7, 11) is 3.40. The number of anilines is 2. The van der Waals surface area contributed by atoms with Crippen LogP contribution in [-0.2, 0) is 0 Å². The minimum absolute atomic E-state index is 0.255. The molecule has 0 unspecified atom stereocenters. The highest BCUT2D eigenvalue weighted by Gasteiger charge is 2.17. The zero-order valence-corrected chi connectivity index (χ0v) is 15.8. The molecule has 1 amide bonds. The van der Waals surface area contributed by atoms with Crippen molar-refractivity contribution < 1.29 is 9.18 Å². The van der Waals surface area contributed by atoms with Gasteiger partial charge in [-0.2, -0.15) is 0 Å². The van der Waals surface area contributed by atoms with E-state index in [0.717, 1.165) is 0 Å². The Balaban J connectivity index is 0.00000117. The molecule has 2 heterocycles. The van der Waals surface area contributed by atoms with Gasteiger partial charge in [-0.25, -0.2) is 19.3 Å². The van der Waals surface area contributed by atoms with Crippen LogP contribution in [-0.4, -0.2) is 35.0 Å². The van der Waals surface area contributed by atoms with Gasteiger partial charge in [0, 0.05) is 31.1 Å². The maximum Gasteiger partial charge on any atom is 0.259 e. The van der Waals surface area contributed by atoms with Crippen LogP contribution in [0.5, 0.6) is 0 Å². The average Bonchev–Trinajstić information content (AvgIpc) is 3.19. The number of thiazole rings is 1. The van der Waals surface area contributed by atoms with Crippen LogP contribution in [0.4, 0.5) is 15.3 Å². The molecule has 0 aliphatic rings. The van der Waals surface area contributed by atoms with Crippen molar-refractivity contribution in [2.24, 2.45) is 0 Å². The lowest BCUT2D eigenvalue weighted by atomic mass is 10.2. The van der Waals surface area contributed by atoms with E-state index >= 15 is 0 Å². The Morgan fingerprint density at radius 1 is 1.15 bits per heavy atom. The molecule has 0 fully saturated rings. The standard InChI is InChI=1S/C16H14FN5OS.C2H6/c1-18-14-7-12(19-9-20-14)13-8-24-16(21-13)22(2)15(23)10-3-5-11(17)6-4-10;1-2/h3-9H,1-2H3,(H,18,19,20);1-2H3. The number of carbonyl (C=O) groups is 1. The van der Waals surface area contributed by atoms with E-state index in [9.17, 15) is 9.18 Å². The van der Waals surface area contributed by atoms with Crippen LogP contribution >= 0.6 is 11.3 Å². The fourth-order valence-electron chi connectivity index (χ4n) is 2.04. The minimum atomic E-state index is -0.380. The summed E-state index contributed by atoms with van der Waals surface area (Å²) in [5, 5.41) is 5.30. The fourth-order valence-corrected chi connectivity index (χ4v) is 2.83. The van der Waals surface area contributed by atoms with Crippen molar-refractivity contribution in [3.63, 3.8) is 0 Å². The summed E-state index contributed by atoms with van der Waals surface area (Å²) in [6, 6.07) is 7.20. The summed E-state index contributed by atoms with van der Waals surface area (Å²) in [4.78, 5) is 26.6. The van der Waals surface area contributed by atoms with E-state index in [-0.39, 0.29) is 11.7 Å². The Kier molecular flexibility index (Phi) is 6.74. The molecule has 1 N–H and O–H groups in total. The first-order chi connectivity index (χ1) is 12.6. The van der Waals surface area contributed by atoms with E-state index in [1.54, 1.807) is 20.2 Å². The van der Waals surface area contributed by atoms with Crippen molar-refractivity contribution in [2.75, 3.05) is 24.3 Å². The molecule has 6 nitrogen and oxygen atoms in total. The summed E-state index contributed by atoms with van der Waals surface area (Å²) >= 11 is 1.33. The highest BCUT2D eigenvalue weighted by Crippen LogP contribution is 2.27. The topological polar surface area (TPSA) is 71.0 Å². The van der Waals surface area contributed by atoms with Crippen molar-refractivity contribution >= 4 is 28.2 Å². The van der Waals surface area contributed by atoms with E-state index < -0.39 is 0 Å². The molecule has 3 aromatic rings. The second kappa shape index (κ2) is 9.00. The highest BCUT2D eigenvalue weighted by molar-refractivity contribution is 7.14. The van der Waals surface area contributed by atoms with Crippen molar-refractivity contribution in [3.8, 4) is 11.4 Å². The van der Waals surface area contributed by atoms with Crippen LogP contribution in [0.2, 0.25) is 0 Å². The van der Waals surface area contributed by atoms with Crippen molar-refractivity contribution in [1.29, 1.82) is 0 Å². The molecule has 8 heteroatoms. The van der Waals surface area contributed by atoms with Crippen molar-refractivity contribution in [3.05, 3.63) is 53.4 Å². The van der Waals surface area contributed by atoms with Gasteiger partial charge in [0.1, 0.15) is 23.7 Å². The van der Waals surface area contributed by atoms with Gasteiger partial charge in [-0.05, 0) is 24.3 Å². The molecule has 136 valence electrons. The van der Waals surface area contributed by atoms with Gasteiger partial charge in [-0.3, -0.25) is 9.69 Å². The third-order valence-corrected chi connectivity index (χ3v) is 4.28. The summed E-state index contributed by atoms with van der Waals surface area (Å²) < 4.78 is 13.0. The zero-order valence-electron chi connectivity index (χ0n) is 15.0. The Labute approximate surface area is 155 Å². The predicted molar refractivity (Wildman–Crippen MR) is 103 cm³/mol. The van der Waals surface area contributed by atoms with Crippen molar-refractivity contribution in [1.82, 2.24) is 15.0 Å². The molecule has 2 aromatic heterocycles. The van der Waals surface area contributed by atoms with E-state index in [1.165, 1.54) is 46.8 Å². The first-order valence-electron chi connectivity index (χ1n) is 8.08. The predicted octanol–water partition coefficient (Wildman–Crippen LogP) is 4.08. The average molecular weight is 373 g/mol. The molecular formula is C18H20FN5OS. The number of carbonyl (C=O) groups excluding carboxylic acids is 1. The Bertz CT molecular complexity index is 866. The Hall–Kier alpha value is -2.87. The van der Waals surface area contributed by atoms with Gasteiger partial charge in [0.05, 0.1) is 5.69 Å². The molecule has 0 saturated heterocycles. The SMILES string of the molecule is CC.CNc1cc(-c2csc(N(C)C(=O)c3ccc(F)cc3)n2)ncn1. The summed E-state index contributed by atoms with van der Waals surface area (Å²) in [5.41, 5.74) is 1.72. The van der Waals surface area contributed by atoms with Crippen LogP contribution in [0.15, 0.2) is 42.0 Å². The van der Waals surface area contributed by atoms with Gasteiger partial charge in [0.15, 0.2) is 5.13 Å². The van der Waals surface area contributed by atoms with E-state index in [2.05, 4.69) is 20.3 Å². The molecule has 0 atom stereocenters. The van der Waals surface area contributed by atoms with Gasteiger partial charge < -0.3 is 5.32 Å². The number of benzene rings is 1. The number of halogens is 1. The second-order valence-corrected chi connectivity index (χ2v) is 5.76. The van der Waals surface area contributed by atoms with E-state index in [0.29, 0.717) is 27.9 Å². The third-order valence-electron chi connectivity index (χ3n) is 3.36. The smallest absolute Gasteiger partial charge is 0.259 e. The van der Waals surface area contributed by atoms with Gasteiger partial charge in [0.2, 0.25) is 0 Å². The van der Waals surface area contributed by atoms with Crippen molar-refractivity contribution in [2.45, 2.75) is 13.8 Å². The number of amides is 1. The molecule has 0 saturated carbocycles. The number of hydrogen-bond donors (Lipinski definition) is 1. The first kappa shape index (κ1) is 19.5. The van der Waals surface area contributed by atoms with Gasteiger partial charge >= 0.3 is 0 Å². The fraction of sp³-hybridized carbons (Fsp3) is 0.222. The Morgan fingerprint density at radius 3 is 2.50 bits per heavy atom. The third kappa shape index (κ3) is 4.40. The molecule has 0 radical (unpaired) electrons. The molecule has 26 heavy (non-hydrogen) atoms. The lowest BCUT2D eigenvalue weighted by molar-refractivity contribution is 0.0993. The van der Waals surface area contributed by atoms with Crippen LogP contribution in [0.3, 0.4) is 0 Å². The number of rotatable bonds is 4. The molecule has 1 aromatic carbocycles. The molecular weight excluding hydrogens is 353 g/mol. The molecule has 3 rings (SSSR count). The van der Waals surface area contributed by atoms with Crippen LogP contribution < -0.4 is 10.2 Å². The molecule has 0 spiro atoms. The molecule has 0 aliphatic heterocycles. The highest BCUT2D eigenvalue weighted by atomic mass is 32.1. The van der Waals surface area contributed by atoms with E-state index in [1.807, 2.05) is 19.2 Å². The number of hydrogen-bond acceptors (Lipinski definition) is 6. The zero-order chi connectivity index (χ0) is 19.1. The summed E-state index contributed by atoms with van der Waals surface area (Å²) in [6.07, 6.45) is 1.45. The number of nitrogens with zero attached hydrogens (tertiary/aromatic N) is 4. The maximum absolute atomic E-state index is 13.0. The summed E-state index contributed by atoms with van der Waals surface area (Å²) in [5.74, 6) is 0.0506. The normalized spacial score (nSPS) is 9.88. The first-order valence-corrected chi connectivity index (χ1v) is 8.96. The van der Waals surface area contributed by atoms with Crippen LogP contribution in [0, 0.1) is 5.82 Å². The quantitative estimate of drug-likeness (QED) is 0.746. The largest absolute Gasteiger partial charge is 0.373 e. The van der Waals surface area contributed by atoms with Gasteiger partial charge in [0.25, 0.3) is 5.91 Å². The summed E-state index contributed by atoms with van der Waals surface area (Å²) in [6.45, 7) is 4.00. The molecule has 0 bridgehead atoms. The Morgan fingerprint density at radius 2 is 1.85 bits per heavy atom. The lowest BCUT2D eigenvalue weighted by Crippen LogP contribution is -2.26. The molecule has 0 aliphatic carbocycles. The minimum Gasteiger partial charge on any atom is -0.373 e. The van der Waals surface area contributed by atoms with Crippen LogP contribution in [0.25, 0.3) is 11.4 Å². The van der Waals surface area contributed by atoms with Gasteiger partial charge in [-0.15, -0.1) is 11.3 Å². The van der Waals surface area contributed by atoms with E-state index in [4.69, 9.17) is 0 Å². The monoisotopic (exact) mass is 373 g/mol. The second-order valence-electron chi connectivity index (χ2n) is 4.92. The maximum atomic E-state index is 13.0. The van der Waals surface area contributed by atoms with Crippen LogP contribution in [0.1, 0.15) is 24.2 Å². The number of nitrogens with one attached hydrogen (secondary N) is 1. The number of aromatic nitrogens is 3.